The molecule has 1 aromatic heterocycles. The molecule has 0 fully saturated rings. The third kappa shape index (κ3) is 5.34. The third-order valence-electron chi connectivity index (χ3n) is 3.14. The summed E-state index contributed by atoms with van der Waals surface area (Å²) in [6.45, 7) is 8.05. The van der Waals surface area contributed by atoms with Gasteiger partial charge >= 0.3 is 5.69 Å². The summed E-state index contributed by atoms with van der Waals surface area (Å²) in [5.74, 6) is 1.07. The van der Waals surface area contributed by atoms with Crippen LogP contribution in [-0.4, -0.2) is 34.5 Å². The number of anilines is 1. The van der Waals surface area contributed by atoms with Crippen LogP contribution < -0.4 is 5.32 Å². The minimum Gasteiger partial charge on any atom is -0.380 e. The highest BCUT2D eigenvalue weighted by Gasteiger charge is 2.25. The normalized spacial score (nSPS) is 11.1. The van der Waals surface area contributed by atoms with Crippen LogP contribution in [-0.2, 0) is 18.2 Å². The molecule has 0 saturated heterocycles. The molecule has 0 atom stereocenters. The Hall–Kier alpha value is -1.63. The van der Waals surface area contributed by atoms with Gasteiger partial charge in [0.25, 0.3) is 0 Å². The Kier molecular flexibility index (Phi) is 7.14. The summed E-state index contributed by atoms with van der Waals surface area (Å²) < 4.78 is 7.04. The molecule has 21 heavy (non-hydrogen) atoms. The van der Waals surface area contributed by atoms with Crippen molar-refractivity contribution < 1.29 is 9.66 Å². The molecule has 7 nitrogen and oxygen atoms in total. The van der Waals surface area contributed by atoms with Gasteiger partial charge in [0.05, 0.1) is 11.5 Å². The smallest absolute Gasteiger partial charge is 0.333 e. The van der Waals surface area contributed by atoms with Crippen molar-refractivity contribution in [3.8, 4) is 0 Å². The van der Waals surface area contributed by atoms with E-state index in [0.29, 0.717) is 43.6 Å². The van der Waals surface area contributed by atoms with Gasteiger partial charge in [-0.3, -0.25) is 10.1 Å². The lowest BCUT2D eigenvalue weighted by atomic mass is 10.1. The molecule has 1 heterocycles. The monoisotopic (exact) mass is 298 g/mol. The van der Waals surface area contributed by atoms with E-state index in [-0.39, 0.29) is 10.6 Å². The summed E-state index contributed by atoms with van der Waals surface area (Å²) in [6, 6.07) is 0. The molecule has 0 aliphatic rings. The standard InChI is InChI=1S/C14H26N4O3/c1-5-6-12-13(18(19)20)14(17(4)16-12)15-8-10-21-9-7-11(2)3/h11,15H,5-10H2,1-4H3. The lowest BCUT2D eigenvalue weighted by Crippen LogP contribution is -2.13. The minimum atomic E-state index is -0.361. The van der Waals surface area contributed by atoms with Crippen LogP contribution in [0.4, 0.5) is 11.5 Å². The molecule has 0 saturated carbocycles. The van der Waals surface area contributed by atoms with E-state index in [1.165, 1.54) is 4.68 Å². The van der Waals surface area contributed by atoms with Crippen molar-refractivity contribution in [3.05, 3.63) is 15.8 Å². The Morgan fingerprint density at radius 3 is 2.71 bits per heavy atom. The number of aryl methyl sites for hydroxylation is 2. The molecule has 1 N–H and O–H groups in total. The van der Waals surface area contributed by atoms with E-state index in [0.717, 1.165) is 12.8 Å². The first-order valence-electron chi connectivity index (χ1n) is 7.49. The van der Waals surface area contributed by atoms with Crippen molar-refractivity contribution in [1.29, 1.82) is 0 Å². The summed E-state index contributed by atoms with van der Waals surface area (Å²) in [7, 11) is 1.72. The summed E-state index contributed by atoms with van der Waals surface area (Å²) in [4.78, 5) is 10.9. The maximum atomic E-state index is 11.2. The highest BCUT2D eigenvalue weighted by Crippen LogP contribution is 2.28. The van der Waals surface area contributed by atoms with Crippen molar-refractivity contribution >= 4 is 11.5 Å². The fraction of sp³-hybridized carbons (Fsp3) is 0.786. The summed E-state index contributed by atoms with van der Waals surface area (Å²) >= 11 is 0. The van der Waals surface area contributed by atoms with Gasteiger partial charge in [0.15, 0.2) is 0 Å². The predicted molar refractivity (Wildman–Crippen MR) is 82.6 cm³/mol. The molecule has 7 heteroatoms. The summed E-state index contributed by atoms with van der Waals surface area (Å²) in [6.07, 6.45) is 2.46. The summed E-state index contributed by atoms with van der Waals surface area (Å²) in [5.41, 5.74) is 0.620. The SMILES string of the molecule is CCCc1nn(C)c(NCCOCCC(C)C)c1[N+](=O)[O-]. The first kappa shape index (κ1) is 17.4. The zero-order valence-corrected chi connectivity index (χ0v) is 13.4. The van der Waals surface area contributed by atoms with Crippen LogP contribution in [0.3, 0.4) is 0 Å². The molecular weight excluding hydrogens is 272 g/mol. The number of ether oxygens (including phenoxy) is 1. The van der Waals surface area contributed by atoms with Gasteiger partial charge in [-0.2, -0.15) is 5.10 Å². The largest absolute Gasteiger partial charge is 0.380 e. The average molecular weight is 298 g/mol. The first-order chi connectivity index (χ1) is 9.97. The fourth-order valence-corrected chi connectivity index (χ4v) is 2.03. The van der Waals surface area contributed by atoms with Crippen LogP contribution in [0.2, 0.25) is 0 Å². The van der Waals surface area contributed by atoms with Gasteiger partial charge < -0.3 is 10.1 Å². The molecule has 0 aliphatic carbocycles. The lowest BCUT2D eigenvalue weighted by Gasteiger charge is -2.08. The Bertz CT molecular complexity index is 457. The van der Waals surface area contributed by atoms with E-state index in [9.17, 15) is 10.1 Å². The number of hydrogen-bond donors (Lipinski definition) is 1. The van der Waals surface area contributed by atoms with Crippen LogP contribution in [0.25, 0.3) is 0 Å². The van der Waals surface area contributed by atoms with E-state index in [4.69, 9.17) is 4.74 Å². The van der Waals surface area contributed by atoms with Gasteiger partial charge in [0.2, 0.25) is 5.82 Å². The van der Waals surface area contributed by atoms with E-state index < -0.39 is 0 Å². The quantitative estimate of drug-likeness (QED) is 0.408. The van der Waals surface area contributed by atoms with Crippen molar-refractivity contribution in [1.82, 2.24) is 9.78 Å². The Labute approximate surface area is 125 Å². The molecule has 0 spiro atoms. The third-order valence-corrected chi connectivity index (χ3v) is 3.14. The van der Waals surface area contributed by atoms with Gasteiger partial charge in [0.1, 0.15) is 5.69 Å². The van der Waals surface area contributed by atoms with Gasteiger partial charge in [-0.25, -0.2) is 4.68 Å². The second kappa shape index (κ2) is 8.61. The molecule has 0 amide bonds. The molecule has 1 aromatic rings. The first-order valence-corrected chi connectivity index (χ1v) is 7.49. The topological polar surface area (TPSA) is 82.2 Å². The van der Waals surface area contributed by atoms with E-state index in [2.05, 4.69) is 24.3 Å². The number of nitro groups is 1. The number of hydrogen-bond acceptors (Lipinski definition) is 5. The number of rotatable bonds is 10. The Morgan fingerprint density at radius 1 is 1.43 bits per heavy atom. The molecule has 120 valence electrons. The summed E-state index contributed by atoms with van der Waals surface area (Å²) in [5, 5.41) is 18.5. The van der Waals surface area contributed by atoms with E-state index in [1.807, 2.05) is 6.92 Å². The van der Waals surface area contributed by atoms with Crippen molar-refractivity contribution in [3.63, 3.8) is 0 Å². The molecule has 0 unspecified atom stereocenters. The molecule has 1 rings (SSSR count). The number of aromatic nitrogens is 2. The zero-order valence-electron chi connectivity index (χ0n) is 13.4. The average Bonchev–Trinajstić information content (AvgIpc) is 2.70. The van der Waals surface area contributed by atoms with Crippen LogP contribution in [0, 0.1) is 16.0 Å². The van der Waals surface area contributed by atoms with Crippen molar-refractivity contribution in [2.45, 2.75) is 40.0 Å². The van der Waals surface area contributed by atoms with Crippen molar-refractivity contribution in [2.24, 2.45) is 13.0 Å². The Morgan fingerprint density at radius 2 is 2.14 bits per heavy atom. The van der Waals surface area contributed by atoms with E-state index >= 15 is 0 Å². The maximum Gasteiger partial charge on any atom is 0.333 e. The Balaban J connectivity index is 2.56. The highest BCUT2D eigenvalue weighted by atomic mass is 16.6. The van der Waals surface area contributed by atoms with Gasteiger partial charge in [0, 0.05) is 20.2 Å². The number of nitrogens with zero attached hydrogens (tertiary/aromatic N) is 3. The van der Waals surface area contributed by atoms with Crippen LogP contribution in [0.1, 0.15) is 39.3 Å². The van der Waals surface area contributed by atoms with Crippen LogP contribution >= 0.6 is 0 Å². The lowest BCUT2D eigenvalue weighted by molar-refractivity contribution is -0.384. The zero-order chi connectivity index (χ0) is 15.8. The van der Waals surface area contributed by atoms with Gasteiger partial charge in [-0.1, -0.05) is 27.2 Å². The fourth-order valence-electron chi connectivity index (χ4n) is 2.03. The second-order valence-corrected chi connectivity index (χ2v) is 5.50. The van der Waals surface area contributed by atoms with Crippen LogP contribution in [0.15, 0.2) is 0 Å². The molecule has 0 bridgehead atoms. The molecule has 0 aliphatic heterocycles. The molecule has 0 aromatic carbocycles. The van der Waals surface area contributed by atoms with Crippen molar-refractivity contribution in [2.75, 3.05) is 25.1 Å². The second-order valence-electron chi connectivity index (χ2n) is 5.50. The van der Waals surface area contributed by atoms with Gasteiger partial charge in [-0.15, -0.1) is 0 Å². The molecule has 0 radical (unpaired) electrons. The van der Waals surface area contributed by atoms with Crippen LogP contribution in [0.5, 0.6) is 0 Å². The van der Waals surface area contributed by atoms with E-state index in [1.54, 1.807) is 7.05 Å². The predicted octanol–water partition coefficient (Wildman–Crippen LogP) is 2.76. The van der Waals surface area contributed by atoms with Gasteiger partial charge in [-0.05, 0) is 18.8 Å². The number of nitrogens with one attached hydrogen (secondary N) is 1. The highest BCUT2D eigenvalue weighted by molar-refractivity contribution is 5.59. The minimum absolute atomic E-state index is 0.0848. The maximum absolute atomic E-state index is 11.2. The molecular formula is C14H26N4O3.